The first-order valence-corrected chi connectivity index (χ1v) is 14.7. The highest BCUT2D eigenvalue weighted by molar-refractivity contribution is 8.14. The van der Waals surface area contributed by atoms with Gasteiger partial charge in [0.2, 0.25) is 16.9 Å². The molecule has 0 spiro atoms. The number of nitrogens with zero attached hydrogens (tertiary/aromatic N) is 1. The zero-order valence-electron chi connectivity index (χ0n) is 20.1. The van der Waals surface area contributed by atoms with Gasteiger partial charge in [-0.15, -0.1) is 23.1 Å². The molecule has 2 amide bonds. The first kappa shape index (κ1) is 26.3. The van der Waals surface area contributed by atoms with Gasteiger partial charge in [-0.25, -0.2) is 4.79 Å². The van der Waals surface area contributed by atoms with Crippen molar-refractivity contribution >= 4 is 57.8 Å². The topological polar surface area (TPSA) is 92.8 Å². The number of β-lactam (4-membered cyclic amide) rings is 1. The molecule has 5 rings (SSSR count). The van der Waals surface area contributed by atoms with E-state index in [1.165, 1.54) is 28.0 Å². The normalized spacial score (nSPS) is 20.1. The van der Waals surface area contributed by atoms with Crippen LogP contribution in [0, 0.1) is 0 Å². The van der Waals surface area contributed by atoms with Crippen molar-refractivity contribution in [3.8, 4) is 0 Å². The lowest BCUT2D eigenvalue weighted by atomic mass is 9.98. The van der Waals surface area contributed by atoms with Crippen LogP contribution in [0.5, 0.6) is 0 Å². The van der Waals surface area contributed by atoms with E-state index >= 15 is 0 Å². The van der Waals surface area contributed by atoms with Crippen LogP contribution in [0.15, 0.2) is 89.2 Å². The number of hydrogen-bond acceptors (Lipinski definition) is 8. The van der Waals surface area contributed by atoms with Gasteiger partial charge in [0, 0.05) is 16.2 Å². The van der Waals surface area contributed by atoms with Gasteiger partial charge in [-0.2, -0.15) is 0 Å². The Morgan fingerprint density at radius 1 is 0.974 bits per heavy atom. The smallest absolute Gasteiger partial charge is 0.333 e. The fourth-order valence-corrected chi connectivity index (χ4v) is 7.10. The van der Waals surface area contributed by atoms with Crippen molar-refractivity contribution in [2.75, 3.05) is 5.75 Å². The van der Waals surface area contributed by atoms with Crippen LogP contribution in [0.4, 0.5) is 0 Å². The summed E-state index contributed by atoms with van der Waals surface area (Å²) in [6.07, 6.45) is 0.195. The van der Waals surface area contributed by atoms with E-state index in [0.29, 0.717) is 11.1 Å². The van der Waals surface area contributed by atoms with Gasteiger partial charge < -0.3 is 15.0 Å². The zero-order chi connectivity index (χ0) is 26.5. The van der Waals surface area contributed by atoms with Gasteiger partial charge in [-0.05, 0) is 28.0 Å². The van der Waals surface area contributed by atoms with E-state index in [2.05, 4.69) is 5.32 Å². The quantitative estimate of drug-likeness (QED) is 0.307. The third-order valence-corrected chi connectivity index (χ3v) is 9.19. The predicted molar refractivity (Wildman–Crippen MR) is 150 cm³/mol. The molecule has 0 saturated carbocycles. The van der Waals surface area contributed by atoms with E-state index in [1.807, 2.05) is 59.3 Å². The van der Waals surface area contributed by atoms with Gasteiger partial charge in [0.1, 0.15) is 18.0 Å². The molecule has 2 aliphatic heterocycles. The van der Waals surface area contributed by atoms with Gasteiger partial charge in [0.25, 0.3) is 0 Å². The molecule has 194 valence electrons. The molecule has 0 bridgehead atoms. The zero-order valence-corrected chi connectivity index (χ0v) is 22.6. The van der Waals surface area contributed by atoms with E-state index in [0.717, 1.165) is 22.2 Å². The predicted octanol–water partition coefficient (Wildman–Crippen LogP) is 4.26. The minimum absolute atomic E-state index is 0.0698. The summed E-state index contributed by atoms with van der Waals surface area (Å²) >= 11 is 3.92. The molecule has 1 fully saturated rings. The van der Waals surface area contributed by atoms with E-state index in [-0.39, 0.29) is 35.7 Å². The Kier molecular flexibility index (Phi) is 8.31. The molecule has 2 unspecified atom stereocenters. The maximum Gasteiger partial charge on any atom is 0.333 e. The van der Waals surface area contributed by atoms with Crippen molar-refractivity contribution in [1.82, 2.24) is 10.2 Å². The average Bonchev–Trinajstić information content (AvgIpc) is 3.46. The Morgan fingerprint density at radius 3 is 2.42 bits per heavy atom. The van der Waals surface area contributed by atoms with Crippen LogP contribution >= 0.6 is 34.9 Å². The number of thioether (sulfide) groups is 2. The summed E-state index contributed by atoms with van der Waals surface area (Å²) in [6, 6.07) is 20.3. The number of carbonyl (C=O) groups excluding carboxylic acids is 4. The standard InChI is InChI=1S/C28H24N2O5S3/c31-22(14-21-12-7-13-36-21)29-23-25(32)30-24(27(33)35-15-18-8-3-1-4-9-18)20(16-37-26(23)30)17-38-28(34)19-10-5-2-6-11-19/h1-13,16,23-24,26H,14-15,17H2,(H,29,31)/t23?,24?,26-/m0/s1. The SMILES string of the molecule is O=C(Cc1cccs1)NC1C(=O)N2C(C(=O)OCc3ccccc3)C(CSC(=O)c3ccccc3)=CS[C@@H]12. The molecule has 7 nitrogen and oxygen atoms in total. The van der Waals surface area contributed by atoms with Crippen molar-refractivity contribution in [2.45, 2.75) is 30.5 Å². The van der Waals surface area contributed by atoms with Crippen molar-refractivity contribution in [3.05, 3.63) is 105 Å². The molecule has 2 aromatic carbocycles. The first-order valence-electron chi connectivity index (χ1n) is 11.9. The van der Waals surface area contributed by atoms with E-state index in [9.17, 15) is 19.2 Å². The molecular formula is C28H24N2O5S3. The highest BCUT2D eigenvalue weighted by Crippen LogP contribution is 2.41. The molecule has 2 aliphatic rings. The molecule has 10 heteroatoms. The van der Waals surface area contributed by atoms with Crippen molar-refractivity contribution < 1.29 is 23.9 Å². The number of rotatable bonds is 9. The minimum Gasteiger partial charge on any atom is -0.459 e. The van der Waals surface area contributed by atoms with E-state index in [1.54, 1.807) is 24.3 Å². The molecule has 1 N–H and O–H groups in total. The fourth-order valence-electron chi connectivity index (χ4n) is 4.23. The molecule has 3 aromatic rings. The summed E-state index contributed by atoms with van der Waals surface area (Å²) in [5.74, 6) is -0.908. The number of hydrogen-bond donors (Lipinski definition) is 1. The van der Waals surface area contributed by atoms with E-state index in [4.69, 9.17) is 4.74 Å². The Balaban J connectivity index is 1.29. The van der Waals surface area contributed by atoms with Gasteiger partial charge in [0.05, 0.1) is 6.42 Å². The van der Waals surface area contributed by atoms with Crippen LogP contribution < -0.4 is 5.32 Å². The molecule has 0 radical (unpaired) electrons. The molecule has 1 saturated heterocycles. The third-order valence-electron chi connectivity index (χ3n) is 6.13. The molecule has 1 aromatic heterocycles. The van der Waals surface area contributed by atoms with Crippen LogP contribution in [0.3, 0.4) is 0 Å². The van der Waals surface area contributed by atoms with Crippen molar-refractivity contribution in [1.29, 1.82) is 0 Å². The summed E-state index contributed by atoms with van der Waals surface area (Å²) in [5.41, 5.74) is 2.02. The highest BCUT2D eigenvalue weighted by atomic mass is 32.2. The summed E-state index contributed by atoms with van der Waals surface area (Å²) in [6.45, 7) is 0.0698. The largest absolute Gasteiger partial charge is 0.459 e. The third kappa shape index (κ3) is 5.87. The number of amides is 2. The molecule has 3 heterocycles. The second-order valence-corrected chi connectivity index (χ2v) is 11.7. The summed E-state index contributed by atoms with van der Waals surface area (Å²) in [4.78, 5) is 54.2. The Bertz CT molecular complexity index is 1350. The van der Waals surface area contributed by atoms with E-state index < -0.39 is 23.4 Å². The Hall–Kier alpha value is -3.34. The Labute approximate surface area is 232 Å². The second-order valence-electron chi connectivity index (χ2n) is 8.70. The lowest BCUT2D eigenvalue weighted by Crippen LogP contribution is -2.74. The van der Waals surface area contributed by atoms with Gasteiger partial charge in [-0.3, -0.25) is 14.4 Å². The monoisotopic (exact) mass is 564 g/mol. The average molecular weight is 565 g/mol. The van der Waals surface area contributed by atoms with Crippen LogP contribution in [-0.4, -0.2) is 51.0 Å². The molecule has 38 heavy (non-hydrogen) atoms. The van der Waals surface area contributed by atoms with Crippen molar-refractivity contribution in [2.24, 2.45) is 0 Å². The second kappa shape index (κ2) is 12.0. The number of fused-ring (bicyclic) bond motifs is 1. The maximum atomic E-state index is 13.3. The Morgan fingerprint density at radius 2 is 1.71 bits per heavy atom. The number of benzene rings is 2. The summed E-state index contributed by atoms with van der Waals surface area (Å²) < 4.78 is 5.61. The van der Waals surface area contributed by atoms with Gasteiger partial charge in [0.15, 0.2) is 6.04 Å². The van der Waals surface area contributed by atoms with Crippen LogP contribution in [0.25, 0.3) is 0 Å². The van der Waals surface area contributed by atoms with Gasteiger partial charge >= 0.3 is 5.97 Å². The van der Waals surface area contributed by atoms with Crippen LogP contribution in [0.1, 0.15) is 20.8 Å². The number of ether oxygens (including phenoxy) is 1. The first-order chi connectivity index (χ1) is 18.5. The summed E-state index contributed by atoms with van der Waals surface area (Å²) in [7, 11) is 0. The number of esters is 1. The molecule has 0 aliphatic carbocycles. The minimum atomic E-state index is -0.959. The fraction of sp³-hybridized carbons (Fsp3) is 0.214. The molecular weight excluding hydrogens is 541 g/mol. The number of nitrogens with one attached hydrogen (secondary N) is 1. The lowest BCUT2D eigenvalue weighted by molar-refractivity contribution is -0.163. The summed E-state index contributed by atoms with van der Waals surface area (Å²) in [5, 5.41) is 6.00. The van der Waals surface area contributed by atoms with Gasteiger partial charge in [-0.1, -0.05) is 78.5 Å². The number of thiophene rings is 1. The number of carbonyl (C=O) groups is 4. The molecule has 3 atom stereocenters. The van der Waals surface area contributed by atoms with Crippen molar-refractivity contribution in [3.63, 3.8) is 0 Å². The van der Waals surface area contributed by atoms with Crippen LogP contribution in [0.2, 0.25) is 0 Å². The maximum absolute atomic E-state index is 13.3. The van der Waals surface area contributed by atoms with Crippen LogP contribution in [-0.2, 0) is 32.1 Å². The highest BCUT2D eigenvalue weighted by Gasteiger charge is 2.56. The lowest BCUT2D eigenvalue weighted by Gasteiger charge is -2.51.